The van der Waals surface area contributed by atoms with Crippen LogP contribution in [0.1, 0.15) is 48.9 Å². The lowest BCUT2D eigenvalue weighted by Gasteiger charge is -2.24. The standard InChI is InChI=1S/C27H31N3O4/c1-5-24(26(31)28-19-14-20(33-3)16-21(15-19)34-4)30-27(32)23-9-7-6-8-22(23)25(29-30)18-12-10-17(2)11-13-18/h10-16,24H,5-9H2,1-4H3,(H,28,31)/t24-/m1/s1. The molecule has 0 saturated carbocycles. The Kier molecular flexibility index (Phi) is 7.01. The zero-order valence-corrected chi connectivity index (χ0v) is 20.2. The average molecular weight is 462 g/mol. The van der Waals surface area contributed by atoms with Crippen molar-refractivity contribution in [3.8, 4) is 22.8 Å². The van der Waals surface area contributed by atoms with Crippen LogP contribution in [0.5, 0.6) is 11.5 Å². The third kappa shape index (κ3) is 4.69. The lowest BCUT2D eigenvalue weighted by atomic mass is 9.89. The van der Waals surface area contributed by atoms with Crippen molar-refractivity contribution in [2.75, 3.05) is 19.5 Å². The fourth-order valence-electron chi connectivity index (χ4n) is 4.48. The molecule has 1 heterocycles. The molecule has 1 aliphatic rings. The maximum atomic E-state index is 13.5. The monoisotopic (exact) mass is 461 g/mol. The molecule has 1 aromatic heterocycles. The Labute approximate surface area is 199 Å². The summed E-state index contributed by atoms with van der Waals surface area (Å²) in [6.45, 7) is 3.92. The highest BCUT2D eigenvalue weighted by Crippen LogP contribution is 2.30. The number of methoxy groups -OCH3 is 2. The first-order valence-electron chi connectivity index (χ1n) is 11.7. The summed E-state index contributed by atoms with van der Waals surface area (Å²) in [5.74, 6) is 0.819. The Morgan fingerprint density at radius 2 is 1.65 bits per heavy atom. The number of rotatable bonds is 7. The quantitative estimate of drug-likeness (QED) is 0.551. The van der Waals surface area contributed by atoms with Crippen LogP contribution in [-0.4, -0.2) is 29.9 Å². The van der Waals surface area contributed by atoms with Crippen molar-refractivity contribution in [1.82, 2.24) is 9.78 Å². The number of hydrogen-bond donors (Lipinski definition) is 1. The lowest BCUT2D eigenvalue weighted by molar-refractivity contribution is -0.119. The topological polar surface area (TPSA) is 82.4 Å². The van der Waals surface area contributed by atoms with Gasteiger partial charge in [0.1, 0.15) is 17.5 Å². The first-order valence-corrected chi connectivity index (χ1v) is 11.7. The molecule has 178 valence electrons. The van der Waals surface area contributed by atoms with Crippen LogP contribution < -0.4 is 20.3 Å². The van der Waals surface area contributed by atoms with Gasteiger partial charge in [0.05, 0.1) is 19.9 Å². The van der Waals surface area contributed by atoms with Gasteiger partial charge in [-0.3, -0.25) is 9.59 Å². The van der Waals surface area contributed by atoms with Crippen molar-refractivity contribution in [3.63, 3.8) is 0 Å². The molecule has 0 saturated heterocycles. The van der Waals surface area contributed by atoms with Crippen LogP contribution in [0.25, 0.3) is 11.3 Å². The van der Waals surface area contributed by atoms with Crippen molar-refractivity contribution >= 4 is 11.6 Å². The number of fused-ring (bicyclic) bond motifs is 1. The van der Waals surface area contributed by atoms with Crippen LogP contribution in [-0.2, 0) is 17.6 Å². The van der Waals surface area contributed by atoms with Crippen LogP contribution in [0.3, 0.4) is 0 Å². The van der Waals surface area contributed by atoms with E-state index in [4.69, 9.17) is 14.6 Å². The Morgan fingerprint density at radius 3 is 2.24 bits per heavy atom. The van der Waals surface area contributed by atoms with Crippen molar-refractivity contribution in [2.24, 2.45) is 0 Å². The van der Waals surface area contributed by atoms with Crippen molar-refractivity contribution in [1.29, 1.82) is 0 Å². The number of carbonyl (C=O) groups excluding carboxylic acids is 1. The average Bonchev–Trinajstić information content (AvgIpc) is 2.86. The second kappa shape index (κ2) is 10.1. The van der Waals surface area contributed by atoms with Crippen LogP contribution >= 0.6 is 0 Å². The van der Waals surface area contributed by atoms with Gasteiger partial charge in [-0.2, -0.15) is 5.10 Å². The molecule has 0 bridgehead atoms. The minimum absolute atomic E-state index is 0.171. The lowest BCUT2D eigenvalue weighted by Crippen LogP contribution is -2.38. The largest absolute Gasteiger partial charge is 0.497 e. The number of amides is 1. The predicted molar refractivity (Wildman–Crippen MR) is 133 cm³/mol. The molecule has 4 rings (SSSR count). The summed E-state index contributed by atoms with van der Waals surface area (Å²) in [6.07, 6.45) is 3.96. The number of nitrogens with one attached hydrogen (secondary N) is 1. The molecule has 1 amide bonds. The Balaban J connectivity index is 1.76. The van der Waals surface area contributed by atoms with E-state index in [1.807, 2.05) is 38.1 Å². The maximum absolute atomic E-state index is 13.5. The summed E-state index contributed by atoms with van der Waals surface area (Å²) >= 11 is 0. The molecule has 0 aliphatic heterocycles. The number of aryl methyl sites for hydroxylation is 1. The number of ether oxygens (including phenoxy) is 2. The number of carbonyl (C=O) groups is 1. The molecule has 1 atom stereocenters. The predicted octanol–water partition coefficient (Wildman–Crippen LogP) is 4.70. The van der Waals surface area contributed by atoms with E-state index < -0.39 is 6.04 Å². The minimum Gasteiger partial charge on any atom is -0.497 e. The smallest absolute Gasteiger partial charge is 0.271 e. The summed E-state index contributed by atoms with van der Waals surface area (Å²) in [6, 6.07) is 12.6. The van der Waals surface area contributed by atoms with E-state index in [0.717, 1.165) is 47.2 Å². The Morgan fingerprint density at radius 1 is 1.03 bits per heavy atom. The van der Waals surface area contributed by atoms with Gasteiger partial charge in [0.25, 0.3) is 5.56 Å². The number of hydrogen-bond acceptors (Lipinski definition) is 5. The number of anilines is 1. The molecule has 1 aliphatic carbocycles. The second-order valence-corrected chi connectivity index (χ2v) is 8.64. The minimum atomic E-state index is -0.749. The van der Waals surface area contributed by atoms with Gasteiger partial charge in [0.2, 0.25) is 5.91 Å². The summed E-state index contributed by atoms with van der Waals surface area (Å²) < 4.78 is 12.0. The van der Waals surface area contributed by atoms with Gasteiger partial charge in [-0.1, -0.05) is 36.8 Å². The molecular formula is C27H31N3O4. The second-order valence-electron chi connectivity index (χ2n) is 8.64. The zero-order valence-electron chi connectivity index (χ0n) is 20.2. The van der Waals surface area contributed by atoms with E-state index in [9.17, 15) is 9.59 Å². The third-order valence-electron chi connectivity index (χ3n) is 6.36. The van der Waals surface area contributed by atoms with Crippen LogP contribution in [0.15, 0.2) is 47.3 Å². The van der Waals surface area contributed by atoms with Crippen LogP contribution in [0.4, 0.5) is 5.69 Å². The SMILES string of the molecule is CC[C@H](C(=O)Nc1cc(OC)cc(OC)c1)n1nc(-c2ccc(C)cc2)c2c(c1=O)CCCC2. The molecule has 7 heteroatoms. The van der Waals surface area contributed by atoms with Gasteiger partial charge in [-0.15, -0.1) is 0 Å². The number of aromatic nitrogens is 2. The molecule has 2 aromatic carbocycles. The maximum Gasteiger partial charge on any atom is 0.271 e. The zero-order chi connectivity index (χ0) is 24.2. The summed E-state index contributed by atoms with van der Waals surface area (Å²) in [5, 5.41) is 7.70. The molecule has 1 N–H and O–H groups in total. The van der Waals surface area contributed by atoms with E-state index in [1.165, 1.54) is 4.68 Å². The van der Waals surface area contributed by atoms with Crippen molar-refractivity contribution < 1.29 is 14.3 Å². The molecule has 34 heavy (non-hydrogen) atoms. The highest BCUT2D eigenvalue weighted by atomic mass is 16.5. The third-order valence-corrected chi connectivity index (χ3v) is 6.36. The fraction of sp³-hybridized carbons (Fsp3) is 0.370. The van der Waals surface area contributed by atoms with Crippen LogP contribution in [0.2, 0.25) is 0 Å². The molecule has 7 nitrogen and oxygen atoms in total. The van der Waals surface area contributed by atoms with Gasteiger partial charge in [0.15, 0.2) is 0 Å². The van der Waals surface area contributed by atoms with E-state index >= 15 is 0 Å². The van der Waals surface area contributed by atoms with Gasteiger partial charge in [0, 0.05) is 35.0 Å². The van der Waals surface area contributed by atoms with Crippen LogP contribution in [0, 0.1) is 6.92 Å². The molecule has 0 radical (unpaired) electrons. The highest BCUT2D eigenvalue weighted by molar-refractivity contribution is 5.94. The number of benzene rings is 2. The van der Waals surface area contributed by atoms with E-state index in [2.05, 4.69) is 5.32 Å². The summed E-state index contributed by atoms with van der Waals surface area (Å²) in [5.41, 5.74) is 5.08. The van der Waals surface area contributed by atoms with Crippen molar-refractivity contribution in [3.05, 3.63) is 69.5 Å². The molecule has 0 fully saturated rings. The van der Waals surface area contributed by atoms with Gasteiger partial charge < -0.3 is 14.8 Å². The van der Waals surface area contributed by atoms with Gasteiger partial charge in [-0.25, -0.2) is 4.68 Å². The first-order chi connectivity index (χ1) is 16.4. The normalized spacial score (nSPS) is 13.6. The molecule has 0 spiro atoms. The van der Waals surface area contributed by atoms with E-state index in [0.29, 0.717) is 30.0 Å². The van der Waals surface area contributed by atoms with Gasteiger partial charge in [-0.05, 0) is 44.6 Å². The van der Waals surface area contributed by atoms with E-state index in [1.54, 1.807) is 32.4 Å². The van der Waals surface area contributed by atoms with Crippen molar-refractivity contribution in [2.45, 2.75) is 52.0 Å². The summed E-state index contributed by atoms with van der Waals surface area (Å²) in [7, 11) is 3.11. The molecule has 0 unspecified atom stereocenters. The van der Waals surface area contributed by atoms with Gasteiger partial charge >= 0.3 is 0 Å². The Bertz CT molecular complexity index is 1230. The number of nitrogens with zero attached hydrogens (tertiary/aromatic N) is 2. The first kappa shape index (κ1) is 23.5. The fourth-order valence-corrected chi connectivity index (χ4v) is 4.48. The molecular weight excluding hydrogens is 430 g/mol. The summed E-state index contributed by atoms with van der Waals surface area (Å²) in [4.78, 5) is 26.9. The van der Waals surface area contributed by atoms with E-state index in [-0.39, 0.29) is 11.5 Å². The highest BCUT2D eigenvalue weighted by Gasteiger charge is 2.27. The Hall–Kier alpha value is -3.61. The molecule has 3 aromatic rings.